The summed E-state index contributed by atoms with van der Waals surface area (Å²) in [5.74, 6) is 1.77. The number of rotatable bonds is 6. The molecule has 0 unspecified atom stereocenters. The lowest BCUT2D eigenvalue weighted by Gasteiger charge is -2.12. The van der Waals surface area contributed by atoms with Gasteiger partial charge < -0.3 is 11.1 Å². The third-order valence-corrected chi connectivity index (χ3v) is 8.30. The summed E-state index contributed by atoms with van der Waals surface area (Å²) < 4.78 is 0. The first-order chi connectivity index (χ1) is 23.6. The summed E-state index contributed by atoms with van der Waals surface area (Å²) in [6.07, 6.45) is 6.57. The number of hydrogen-bond acceptors (Lipinski definition) is 14. The maximum atomic E-state index is 9.33. The van der Waals surface area contributed by atoms with Crippen LogP contribution in [0.5, 0.6) is 0 Å². The van der Waals surface area contributed by atoms with Crippen molar-refractivity contribution in [3.63, 3.8) is 0 Å². The van der Waals surface area contributed by atoms with E-state index in [4.69, 9.17) is 45.8 Å². The SMILES string of the molecule is CSc1nc(Cl)c(C#N)c(Cl)n1.CSc1nc(Cl)c(C#N)c(Nc2cc(-c3ncn[nH]3)ccc2C)n1.Cc1ccc(-c2ncn[nH]2)cc1N. The molecule has 5 N–H and O–H groups in total. The van der Waals surface area contributed by atoms with Crippen LogP contribution in [-0.2, 0) is 0 Å². The maximum absolute atomic E-state index is 9.33. The molecular formula is C30H25Cl3N14S2. The zero-order chi connectivity index (χ0) is 35.5. The number of aromatic amines is 2. The van der Waals surface area contributed by atoms with Gasteiger partial charge >= 0.3 is 0 Å². The summed E-state index contributed by atoms with van der Waals surface area (Å²) in [5.41, 5.74) is 11.5. The van der Waals surface area contributed by atoms with Crippen molar-refractivity contribution in [1.82, 2.24) is 50.3 Å². The molecule has 49 heavy (non-hydrogen) atoms. The fourth-order valence-corrected chi connectivity index (χ4v) is 5.34. The first-order valence-electron chi connectivity index (χ1n) is 13.7. The van der Waals surface area contributed by atoms with E-state index in [-0.39, 0.29) is 26.6 Å². The number of nitrogen functional groups attached to an aromatic ring is 1. The molecule has 0 bridgehead atoms. The van der Waals surface area contributed by atoms with E-state index in [1.807, 2.05) is 68.6 Å². The first-order valence-corrected chi connectivity index (χ1v) is 17.3. The molecule has 19 heteroatoms. The quantitative estimate of drug-likeness (QED) is 0.0568. The Balaban J connectivity index is 0.000000182. The normalized spacial score (nSPS) is 10.1. The molecule has 6 aromatic rings. The van der Waals surface area contributed by atoms with Crippen molar-refractivity contribution in [2.24, 2.45) is 0 Å². The van der Waals surface area contributed by atoms with Gasteiger partial charge in [0.15, 0.2) is 43.2 Å². The number of anilines is 3. The minimum Gasteiger partial charge on any atom is -0.398 e. The van der Waals surface area contributed by atoms with Crippen LogP contribution in [0.15, 0.2) is 59.4 Å². The Morgan fingerprint density at radius 3 is 1.67 bits per heavy atom. The van der Waals surface area contributed by atoms with Crippen LogP contribution in [0.1, 0.15) is 22.3 Å². The van der Waals surface area contributed by atoms with E-state index in [1.165, 1.54) is 36.2 Å². The molecule has 0 atom stereocenters. The standard InChI is InChI=1S/C15H12ClN7S.C9H10N4.C6H3Cl2N3S/c1-8-3-4-9(13-18-7-19-23-13)5-11(8)20-14-10(6-17)12(16)21-15(22-14)24-2;1-6-2-3-7(4-8(6)10)9-11-5-12-13-9;1-12-6-10-4(7)3(2-9)5(8)11-6/h3-5,7H,1-2H3,(H,18,19,23)(H,20,21,22);2-5H,10H2,1H3,(H,11,12,13);1H3. The van der Waals surface area contributed by atoms with Gasteiger partial charge in [-0.25, -0.2) is 29.9 Å². The van der Waals surface area contributed by atoms with Gasteiger partial charge in [0.1, 0.15) is 35.9 Å². The number of aryl methyl sites for hydroxylation is 2. The van der Waals surface area contributed by atoms with Gasteiger partial charge in [0.2, 0.25) is 0 Å². The minimum absolute atomic E-state index is 0.0989. The van der Waals surface area contributed by atoms with Gasteiger partial charge in [0.05, 0.1) is 0 Å². The van der Waals surface area contributed by atoms with Crippen molar-refractivity contribution in [2.75, 3.05) is 23.6 Å². The third-order valence-electron chi connectivity index (χ3n) is 6.38. The highest BCUT2D eigenvalue weighted by atomic mass is 35.5. The van der Waals surface area contributed by atoms with Crippen LogP contribution in [0.3, 0.4) is 0 Å². The summed E-state index contributed by atoms with van der Waals surface area (Å²) >= 11 is 20.0. The number of nitrogens with zero attached hydrogens (tertiary/aromatic N) is 10. The summed E-state index contributed by atoms with van der Waals surface area (Å²) in [4.78, 5) is 24.3. The molecule has 4 heterocycles. The summed E-state index contributed by atoms with van der Waals surface area (Å²) in [6, 6.07) is 15.5. The molecule has 0 spiro atoms. The number of nitrogens with one attached hydrogen (secondary N) is 3. The van der Waals surface area contributed by atoms with E-state index in [0.717, 1.165) is 39.5 Å². The van der Waals surface area contributed by atoms with Gasteiger partial charge in [-0.1, -0.05) is 82.6 Å². The van der Waals surface area contributed by atoms with Crippen LogP contribution in [-0.4, -0.2) is 62.8 Å². The monoisotopic (exact) mass is 750 g/mol. The molecule has 0 radical (unpaired) electrons. The Hall–Kier alpha value is -4.97. The number of nitrogens with two attached hydrogens (primary N) is 1. The average Bonchev–Trinajstić information content (AvgIpc) is 3.83. The van der Waals surface area contributed by atoms with Crippen LogP contribution < -0.4 is 11.1 Å². The molecule has 6 rings (SSSR count). The fraction of sp³-hybridized carbons (Fsp3) is 0.133. The minimum atomic E-state index is 0.0989. The Kier molecular flexibility index (Phi) is 13.1. The van der Waals surface area contributed by atoms with Gasteiger partial charge in [-0.3, -0.25) is 10.2 Å². The highest BCUT2D eigenvalue weighted by molar-refractivity contribution is 7.98. The fourth-order valence-electron chi connectivity index (χ4n) is 3.78. The largest absolute Gasteiger partial charge is 0.398 e. The number of aromatic nitrogens is 10. The number of halogens is 3. The topological polar surface area (TPSA) is 220 Å². The number of hydrogen-bond donors (Lipinski definition) is 4. The highest BCUT2D eigenvalue weighted by Gasteiger charge is 2.15. The van der Waals surface area contributed by atoms with Crippen molar-refractivity contribution < 1.29 is 0 Å². The lowest BCUT2D eigenvalue weighted by atomic mass is 10.1. The number of H-pyrrole nitrogens is 2. The predicted molar refractivity (Wildman–Crippen MR) is 193 cm³/mol. The zero-order valence-electron chi connectivity index (χ0n) is 26.1. The second-order valence-corrected chi connectivity index (χ2v) is 12.1. The first kappa shape index (κ1) is 36.9. The van der Waals surface area contributed by atoms with E-state index in [0.29, 0.717) is 22.0 Å². The van der Waals surface area contributed by atoms with Crippen LogP contribution in [0.2, 0.25) is 15.5 Å². The Labute approximate surface area is 304 Å². The Morgan fingerprint density at radius 1 is 0.714 bits per heavy atom. The van der Waals surface area contributed by atoms with Crippen LogP contribution in [0.25, 0.3) is 22.8 Å². The van der Waals surface area contributed by atoms with Gasteiger partial charge in [-0.15, -0.1) is 0 Å². The summed E-state index contributed by atoms with van der Waals surface area (Å²) in [7, 11) is 0. The summed E-state index contributed by atoms with van der Waals surface area (Å²) in [6.45, 7) is 3.93. The molecule has 0 aliphatic carbocycles. The molecule has 0 aliphatic heterocycles. The van der Waals surface area contributed by atoms with E-state index in [1.54, 1.807) is 6.26 Å². The molecule has 0 aliphatic rings. The zero-order valence-corrected chi connectivity index (χ0v) is 30.0. The predicted octanol–water partition coefficient (Wildman–Crippen LogP) is 7.30. The number of thioether (sulfide) groups is 2. The second-order valence-electron chi connectivity index (χ2n) is 9.51. The second kappa shape index (κ2) is 17.4. The van der Waals surface area contributed by atoms with E-state index >= 15 is 0 Å². The Bertz CT molecular complexity index is 2110. The molecule has 0 fully saturated rings. The van der Waals surface area contributed by atoms with E-state index < -0.39 is 0 Å². The van der Waals surface area contributed by atoms with Crippen molar-refractivity contribution in [3.8, 4) is 34.9 Å². The highest BCUT2D eigenvalue weighted by Crippen LogP contribution is 2.30. The number of benzene rings is 2. The molecule has 0 amide bonds. The molecule has 248 valence electrons. The van der Waals surface area contributed by atoms with Crippen LogP contribution in [0.4, 0.5) is 17.2 Å². The van der Waals surface area contributed by atoms with Crippen LogP contribution in [0, 0.1) is 36.5 Å². The molecule has 14 nitrogen and oxygen atoms in total. The molecule has 4 aromatic heterocycles. The van der Waals surface area contributed by atoms with Gasteiger partial charge in [0, 0.05) is 22.5 Å². The van der Waals surface area contributed by atoms with Crippen molar-refractivity contribution in [1.29, 1.82) is 10.5 Å². The molecule has 2 aromatic carbocycles. The van der Waals surface area contributed by atoms with Gasteiger partial charge in [-0.05, 0) is 49.6 Å². The Morgan fingerprint density at radius 2 is 1.20 bits per heavy atom. The summed E-state index contributed by atoms with van der Waals surface area (Å²) in [5, 5.41) is 35.6. The maximum Gasteiger partial charge on any atom is 0.190 e. The molecular weight excluding hydrogens is 727 g/mol. The third kappa shape index (κ3) is 9.56. The van der Waals surface area contributed by atoms with Crippen molar-refractivity contribution in [3.05, 3.63) is 86.8 Å². The van der Waals surface area contributed by atoms with Gasteiger partial charge in [0.25, 0.3) is 0 Å². The molecule has 0 saturated carbocycles. The average molecular weight is 752 g/mol. The smallest absolute Gasteiger partial charge is 0.190 e. The number of nitriles is 2. The van der Waals surface area contributed by atoms with Gasteiger partial charge in [-0.2, -0.15) is 20.7 Å². The van der Waals surface area contributed by atoms with Crippen molar-refractivity contribution >= 4 is 75.5 Å². The van der Waals surface area contributed by atoms with Crippen molar-refractivity contribution in [2.45, 2.75) is 24.2 Å². The van der Waals surface area contributed by atoms with E-state index in [2.05, 4.69) is 55.6 Å². The van der Waals surface area contributed by atoms with E-state index in [9.17, 15) is 5.26 Å². The van der Waals surface area contributed by atoms with Crippen LogP contribution >= 0.6 is 58.3 Å². The lowest BCUT2D eigenvalue weighted by Crippen LogP contribution is -2.02. The molecule has 0 saturated heterocycles. The lowest BCUT2D eigenvalue weighted by molar-refractivity contribution is 0.964.